The van der Waals surface area contributed by atoms with Gasteiger partial charge in [-0.1, -0.05) is 36.8 Å². The summed E-state index contributed by atoms with van der Waals surface area (Å²) in [5, 5.41) is 8.56. The van der Waals surface area contributed by atoms with Gasteiger partial charge in [0.1, 0.15) is 10.8 Å². The van der Waals surface area contributed by atoms with Crippen LogP contribution in [0.5, 0.6) is 5.75 Å². The van der Waals surface area contributed by atoms with E-state index < -0.39 is 6.10 Å². The molecular formula is C25H28N4O3S. The van der Waals surface area contributed by atoms with Gasteiger partial charge in [0.15, 0.2) is 6.10 Å². The Morgan fingerprint density at radius 1 is 1.18 bits per heavy atom. The second-order valence-corrected chi connectivity index (χ2v) is 9.01. The number of hydrogen-bond donors (Lipinski definition) is 2. The number of benzene rings is 2. The molecule has 2 N–H and O–H groups in total. The van der Waals surface area contributed by atoms with Crippen molar-refractivity contribution in [1.29, 1.82) is 0 Å². The van der Waals surface area contributed by atoms with Crippen molar-refractivity contribution in [3.8, 4) is 5.75 Å². The van der Waals surface area contributed by atoms with Gasteiger partial charge >= 0.3 is 0 Å². The molecular weight excluding hydrogens is 436 g/mol. The van der Waals surface area contributed by atoms with Gasteiger partial charge in [0, 0.05) is 17.6 Å². The van der Waals surface area contributed by atoms with Crippen LogP contribution in [0.4, 0.5) is 11.4 Å². The van der Waals surface area contributed by atoms with Gasteiger partial charge in [0.2, 0.25) is 5.91 Å². The summed E-state index contributed by atoms with van der Waals surface area (Å²) in [5.74, 6) is 0.487. The van der Waals surface area contributed by atoms with Gasteiger partial charge < -0.3 is 20.3 Å². The van der Waals surface area contributed by atoms with Crippen molar-refractivity contribution in [3.05, 3.63) is 70.2 Å². The Hall–Kier alpha value is -3.39. The monoisotopic (exact) mass is 464 g/mol. The molecule has 1 aliphatic rings. The fourth-order valence-corrected chi connectivity index (χ4v) is 4.42. The molecule has 0 spiro atoms. The SMILES string of the molecule is CCCNC(=O)[C@H]1CN(Cc2csc(CC(=O)Nc3ccc(C)cc3)n2)c2ccccc2O1. The summed E-state index contributed by atoms with van der Waals surface area (Å²) in [6.45, 7) is 5.63. The van der Waals surface area contributed by atoms with E-state index in [-0.39, 0.29) is 18.2 Å². The molecule has 2 amide bonds. The van der Waals surface area contributed by atoms with Crippen LogP contribution < -0.4 is 20.3 Å². The standard InChI is InChI=1S/C25H28N4O3S/c1-3-12-26-25(31)22-15-29(20-6-4-5-7-21(20)32-22)14-19-16-33-24(28-19)13-23(30)27-18-10-8-17(2)9-11-18/h4-11,16,22H,3,12-15H2,1-2H3,(H,26,31)(H,27,30)/t22-/m1/s1. The lowest BCUT2D eigenvalue weighted by Crippen LogP contribution is -2.48. The molecule has 172 valence electrons. The number of para-hydroxylation sites is 2. The van der Waals surface area contributed by atoms with Crippen molar-refractivity contribution < 1.29 is 14.3 Å². The third kappa shape index (κ3) is 5.90. The van der Waals surface area contributed by atoms with E-state index in [1.165, 1.54) is 11.3 Å². The number of amides is 2. The molecule has 2 aromatic carbocycles. The molecule has 8 heteroatoms. The van der Waals surface area contributed by atoms with Crippen LogP contribution in [0.1, 0.15) is 29.6 Å². The molecule has 7 nitrogen and oxygen atoms in total. The maximum Gasteiger partial charge on any atom is 0.262 e. The molecule has 33 heavy (non-hydrogen) atoms. The second-order valence-electron chi connectivity index (χ2n) is 8.07. The van der Waals surface area contributed by atoms with E-state index >= 15 is 0 Å². The number of rotatable bonds is 8. The molecule has 1 aromatic heterocycles. The highest BCUT2D eigenvalue weighted by atomic mass is 32.1. The van der Waals surface area contributed by atoms with E-state index in [0.717, 1.165) is 34.1 Å². The average molecular weight is 465 g/mol. The number of ether oxygens (including phenoxy) is 1. The van der Waals surface area contributed by atoms with Crippen LogP contribution in [0.3, 0.4) is 0 Å². The van der Waals surface area contributed by atoms with Gasteiger partial charge in [0.25, 0.3) is 5.91 Å². The first-order chi connectivity index (χ1) is 16.0. The minimum Gasteiger partial charge on any atom is -0.477 e. The predicted molar refractivity (Wildman–Crippen MR) is 131 cm³/mol. The van der Waals surface area contributed by atoms with Crippen molar-refractivity contribution in [2.75, 3.05) is 23.3 Å². The van der Waals surface area contributed by atoms with E-state index in [2.05, 4.69) is 20.5 Å². The summed E-state index contributed by atoms with van der Waals surface area (Å²) in [4.78, 5) is 31.7. The Kier molecular flexibility index (Phi) is 7.24. The number of nitrogens with one attached hydrogen (secondary N) is 2. The molecule has 2 heterocycles. The number of thiazole rings is 1. The molecule has 1 aliphatic heterocycles. The number of fused-ring (bicyclic) bond motifs is 1. The number of carbonyl (C=O) groups excluding carboxylic acids is 2. The molecule has 0 aliphatic carbocycles. The quantitative estimate of drug-likeness (QED) is 0.528. The van der Waals surface area contributed by atoms with Crippen molar-refractivity contribution in [3.63, 3.8) is 0 Å². The molecule has 0 saturated heterocycles. The minimum absolute atomic E-state index is 0.0934. The van der Waals surface area contributed by atoms with Crippen LogP contribution in [0.15, 0.2) is 53.9 Å². The molecule has 0 saturated carbocycles. The maximum absolute atomic E-state index is 12.5. The first-order valence-electron chi connectivity index (χ1n) is 11.1. The lowest BCUT2D eigenvalue weighted by Gasteiger charge is -2.35. The highest BCUT2D eigenvalue weighted by molar-refractivity contribution is 7.09. The lowest BCUT2D eigenvalue weighted by molar-refractivity contribution is -0.127. The van der Waals surface area contributed by atoms with Crippen LogP contribution >= 0.6 is 11.3 Å². The number of aromatic nitrogens is 1. The molecule has 0 unspecified atom stereocenters. The molecule has 1 atom stereocenters. The van der Waals surface area contributed by atoms with Gasteiger partial charge in [0.05, 0.1) is 30.9 Å². The van der Waals surface area contributed by atoms with Crippen LogP contribution in [0, 0.1) is 6.92 Å². The summed E-state index contributed by atoms with van der Waals surface area (Å²) in [7, 11) is 0. The lowest BCUT2D eigenvalue weighted by atomic mass is 10.1. The molecule has 4 rings (SSSR count). The number of nitrogens with zero attached hydrogens (tertiary/aromatic N) is 2. The number of carbonyl (C=O) groups is 2. The van der Waals surface area contributed by atoms with E-state index in [1.807, 2.05) is 67.8 Å². The highest BCUT2D eigenvalue weighted by Gasteiger charge is 2.30. The molecule has 0 bridgehead atoms. The first-order valence-corrected chi connectivity index (χ1v) is 12.0. The van der Waals surface area contributed by atoms with Gasteiger partial charge in [-0.2, -0.15) is 0 Å². The molecule has 0 fully saturated rings. The molecule has 0 radical (unpaired) electrons. The average Bonchev–Trinajstić information content (AvgIpc) is 3.25. The minimum atomic E-state index is -0.579. The van der Waals surface area contributed by atoms with Gasteiger partial charge in [-0.3, -0.25) is 9.59 Å². The summed E-state index contributed by atoms with van der Waals surface area (Å²) in [6, 6.07) is 15.4. The van der Waals surface area contributed by atoms with E-state index in [9.17, 15) is 9.59 Å². The van der Waals surface area contributed by atoms with Crippen LogP contribution in [0.2, 0.25) is 0 Å². The zero-order chi connectivity index (χ0) is 23.2. The van der Waals surface area contributed by atoms with Gasteiger partial charge in [-0.15, -0.1) is 11.3 Å². The van der Waals surface area contributed by atoms with Crippen LogP contribution in [-0.4, -0.2) is 36.0 Å². The Labute approximate surface area is 197 Å². The summed E-state index contributed by atoms with van der Waals surface area (Å²) in [6.07, 6.45) is 0.517. The predicted octanol–water partition coefficient (Wildman–Crippen LogP) is 3.93. The largest absolute Gasteiger partial charge is 0.477 e. The van der Waals surface area contributed by atoms with Crippen LogP contribution in [-0.2, 0) is 22.6 Å². The summed E-state index contributed by atoms with van der Waals surface area (Å²) < 4.78 is 5.96. The van der Waals surface area contributed by atoms with E-state index in [1.54, 1.807) is 0 Å². The Morgan fingerprint density at radius 3 is 2.76 bits per heavy atom. The zero-order valence-corrected chi connectivity index (χ0v) is 19.7. The van der Waals surface area contributed by atoms with Crippen molar-refractivity contribution >= 4 is 34.5 Å². The third-order valence-electron chi connectivity index (χ3n) is 5.30. The topological polar surface area (TPSA) is 83.6 Å². The van der Waals surface area contributed by atoms with Gasteiger partial charge in [-0.25, -0.2) is 4.98 Å². The van der Waals surface area contributed by atoms with Crippen molar-refractivity contribution in [2.45, 2.75) is 39.3 Å². The fraction of sp³-hybridized carbons (Fsp3) is 0.320. The Bertz CT molecular complexity index is 1110. The van der Waals surface area contributed by atoms with Gasteiger partial charge in [-0.05, 0) is 37.6 Å². The van der Waals surface area contributed by atoms with Crippen molar-refractivity contribution in [2.24, 2.45) is 0 Å². The number of anilines is 2. The normalized spacial score (nSPS) is 14.8. The van der Waals surface area contributed by atoms with E-state index in [0.29, 0.717) is 25.4 Å². The number of aryl methyl sites for hydroxylation is 1. The highest BCUT2D eigenvalue weighted by Crippen LogP contribution is 2.34. The molecule has 3 aromatic rings. The maximum atomic E-state index is 12.5. The van der Waals surface area contributed by atoms with E-state index in [4.69, 9.17) is 4.74 Å². The first kappa shape index (κ1) is 22.8. The fourth-order valence-electron chi connectivity index (χ4n) is 3.63. The smallest absolute Gasteiger partial charge is 0.262 e. The van der Waals surface area contributed by atoms with Crippen LogP contribution in [0.25, 0.3) is 0 Å². The summed E-state index contributed by atoms with van der Waals surface area (Å²) >= 11 is 1.47. The number of hydrogen-bond acceptors (Lipinski definition) is 6. The second kappa shape index (κ2) is 10.5. The Morgan fingerprint density at radius 2 is 1.97 bits per heavy atom. The summed E-state index contributed by atoms with van der Waals surface area (Å²) in [5.41, 5.74) is 3.72. The zero-order valence-electron chi connectivity index (χ0n) is 18.8. The Balaban J connectivity index is 1.41. The third-order valence-corrected chi connectivity index (χ3v) is 6.20. The van der Waals surface area contributed by atoms with Crippen molar-refractivity contribution in [1.82, 2.24) is 10.3 Å².